The number of alkyl halides is 3. The van der Waals surface area contributed by atoms with Crippen molar-refractivity contribution in [2.45, 2.75) is 30.2 Å². The second kappa shape index (κ2) is 5.75. The number of benzene rings is 1. The second-order valence-corrected chi connectivity index (χ2v) is 6.36. The smallest absolute Gasteiger partial charge is 0.378 e. The molecule has 1 saturated carbocycles. The minimum Gasteiger partial charge on any atom is -0.378 e. The molecule has 0 amide bonds. The molecule has 0 spiro atoms. The van der Waals surface area contributed by atoms with Crippen molar-refractivity contribution in [3.8, 4) is 0 Å². The van der Waals surface area contributed by atoms with Gasteiger partial charge < -0.3 is 5.32 Å². The second-order valence-electron chi connectivity index (χ2n) is 5.08. The van der Waals surface area contributed by atoms with Crippen molar-refractivity contribution in [1.82, 2.24) is 0 Å². The van der Waals surface area contributed by atoms with Crippen LogP contribution in [0.25, 0.3) is 0 Å². The monoisotopic (exact) mass is 320 g/mol. The molecule has 0 atom stereocenters. The summed E-state index contributed by atoms with van der Waals surface area (Å²) in [5.74, 6) is 0. The van der Waals surface area contributed by atoms with Gasteiger partial charge in [0.1, 0.15) is 5.69 Å². The lowest BCUT2D eigenvalue weighted by Gasteiger charge is -2.40. The largest absolute Gasteiger partial charge is 0.416 e. The minimum atomic E-state index is -4.59. The Kier molecular flexibility index (Phi) is 4.36. The van der Waals surface area contributed by atoms with E-state index in [1.807, 2.05) is 6.26 Å². The molecule has 116 valence electrons. The van der Waals surface area contributed by atoms with Gasteiger partial charge in [-0.05, 0) is 31.2 Å². The molecule has 1 aliphatic rings. The number of rotatable bonds is 5. The van der Waals surface area contributed by atoms with Crippen LogP contribution in [0.2, 0.25) is 0 Å². The fraction of sp³-hybridized carbons (Fsp3) is 0.538. The van der Waals surface area contributed by atoms with Crippen LogP contribution in [-0.4, -0.2) is 22.5 Å². The van der Waals surface area contributed by atoms with E-state index in [9.17, 15) is 23.3 Å². The molecule has 1 fully saturated rings. The fourth-order valence-electron chi connectivity index (χ4n) is 2.29. The topological polar surface area (TPSA) is 55.2 Å². The van der Waals surface area contributed by atoms with Gasteiger partial charge in [-0.25, -0.2) is 0 Å². The summed E-state index contributed by atoms with van der Waals surface area (Å²) in [7, 11) is 0. The van der Waals surface area contributed by atoms with E-state index in [4.69, 9.17) is 0 Å². The Morgan fingerprint density at radius 2 is 2.10 bits per heavy atom. The van der Waals surface area contributed by atoms with Crippen LogP contribution in [0, 0.1) is 10.1 Å². The molecule has 0 saturated heterocycles. The quantitative estimate of drug-likeness (QED) is 0.649. The van der Waals surface area contributed by atoms with Crippen LogP contribution in [0.3, 0.4) is 0 Å². The summed E-state index contributed by atoms with van der Waals surface area (Å²) >= 11 is 1.69. The Bertz CT molecular complexity index is 539. The van der Waals surface area contributed by atoms with Gasteiger partial charge in [-0.2, -0.15) is 24.9 Å². The molecule has 0 radical (unpaired) electrons. The summed E-state index contributed by atoms with van der Waals surface area (Å²) in [5.41, 5.74) is -1.42. The Hall–Kier alpha value is -1.44. The zero-order chi connectivity index (χ0) is 15.7. The number of nitro groups is 1. The maximum absolute atomic E-state index is 12.6. The number of hydrogen-bond donors (Lipinski definition) is 1. The van der Waals surface area contributed by atoms with Gasteiger partial charge in [0.05, 0.1) is 10.5 Å². The lowest BCUT2D eigenvalue weighted by Crippen LogP contribution is -2.40. The molecule has 1 aliphatic carbocycles. The molecule has 4 nitrogen and oxygen atoms in total. The summed E-state index contributed by atoms with van der Waals surface area (Å²) in [6.45, 7) is 0.514. The Balaban J connectivity index is 2.21. The van der Waals surface area contributed by atoms with Crippen LogP contribution >= 0.6 is 11.8 Å². The zero-order valence-electron chi connectivity index (χ0n) is 11.4. The van der Waals surface area contributed by atoms with Crippen molar-refractivity contribution < 1.29 is 18.1 Å². The number of hydrogen-bond acceptors (Lipinski definition) is 4. The van der Waals surface area contributed by atoms with Crippen LogP contribution < -0.4 is 5.32 Å². The van der Waals surface area contributed by atoms with Crippen LogP contribution in [0.5, 0.6) is 0 Å². The third kappa shape index (κ3) is 3.42. The molecule has 8 heteroatoms. The number of nitrogens with one attached hydrogen (secondary N) is 1. The van der Waals surface area contributed by atoms with E-state index in [2.05, 4.69) is 5.32 Å². The third-order valence-corrected chi connectivity index (χ3v) is 5.24. The Labute approximate surface area is 124 Å². The standard InChI is InChI=1S/C13H15F3N2O2S/c1-21-12(5-2-6-12)8-17-10-4-3-9(13(14,15)16)7-11(10)18(19)20/h3-4,7,17H,2,5-6,8H2,1H3. The average Bonchev–Trinajstić information content (AvgIpc) is 2.36. The van der Waals surface area contributed by atoms with Crippen molar-refractivity contribution in [1.29, 1.82) is 0 Å². The lowest BCUT2D eigenvalue weighted by atomic mass is 9.84. The van der Waals surface area contributed by atoms with Gasteiger partial charge in [-0.1, -0.05) is 6.42 Å². The van der Waals surface area contributed by atoms with E-state index in [1.54, 1.807) is 11.8 Å². The maximum Gasteiger partial charge on any atom is 0.416 e. The first-order chi connectivity index (χ1) is 9.77. The van der Waals surface area contributed by atoms with E-state index < -0.39 is 22.4 Å². The normalized spacial score (nSPS) is 17.1. The van der Waals surface area contributed by atoms with Crippen LogP contribution in [0.1, 0.15) is 24.8 Å². The molecule has 0 aromatic heterocycles. The van der Waals surface area contributed by atoms with E-state index >= 15 is 0 Å². The van der Waals surface area contributed by atoms with Gasteiger partial charge in [0, 0.05) is 17.4 Å². The van der Waals surface area contributed by atoms with Gasteiger partial charge in [0.15, 0.2) is 0 Å². The van der Waals surface area contributed by atoms with Gasteiger partial charge in [-0.15, -0.1) is 0 Å². The summed E-state index contributed by atoms with van der Waals surface area (Å²) in [4.78, 5) is 10.2. The molecule has 2 rings (SSSR count). The summed E-state index contributed by atoms with van der Waals surface area (Å²) in [6.07, 6.45) is 0.516. The van der Waals surface area contributed by atoms with E-state index in [0.29, 0.717) is 12.6 Å². The van der Waals surface area contributed by atoms with Crippen LogP contribution in [0.4, 0.5) is 24.5 Å². The van der Waals surface area contributed by atoms with Gasteiger partial charge >= 0.3 is 6.18 Å². The number of anilines is 1. The molecule has 1 N–H and O–H groups in total. The lowest BCUT2D eigenvalue weighted by molar-refractivity contribution is -0.384. The summed E-state index contributed by atoms with van der Waals surface area (Å²) < 4.78 is 37.9. The molecule has 1 aromatic rings. The van der Waals surface area contributed by atoms with Crippen molar-refractivity contribution in [2.75, 3.05) is 18.1 Å². The first-order valence-electron chi connectivity index (χ1n) is 6.42. The summed E-state index contributed by atoms with van der Waals surface area (Å²) in [6, 6.07) is 2.57. The SMILES string of the molecule is CSC1(CNc2ccc(C(F)(F)F)cc2[N+](=O)[O-])CCC1. The maximum atomic E-state index is 12.6. The highest BCUT2D eigenvalue weighted by atomic mass is 32.2. The molecule has 0 heterocycles. The first-order valence-corrected chi connectivity index (χ1v) is 7.65. The van der Waals surface area contributed by atoms with E-state index in [1.165, 1.54) is 0 Å². The average molecular weight is 320 g/mol. The van der Waals surface area contributed by atoms with E-state index in [0.717, 1.165) is 31.4 Å². The highest BCUT2D eigenvalue weighted by molar-refractivity contribution is 8.00. The number of thioether (sulfide) groups is 1. The Morgan fingerprint density at radius 3 is 2.52 bits per heavy atom. The van der Waals surface area contributed by atoms with Crippen molar-refractivity contribution >= 4 is 23.1 Å². The molecule has 0 unspecified atom stereocenters. The van der Waals surface area contributed by atoms with Crippen LogP contribution in [-0.2, 0) is 6.18 Å². The number of halogens is 3. The van der Waals surface area contributed by atoms with Crippen molar-refractivity contribution in [2.24, 2.45) is 0 Å². The zero-order valence-corrected chi connectivity index (χ0v) is 12.2. The molecule has 0 bridgehead atoms. The predicted molar refractivity (Wildman–Crippen MR) is 76.7 cm³/mol. The third-order valence-electron chi connectivity index (χ3n) is 3.82. The summed E-state index contributed by atoms with van der Waals surface area (Å²) in [5, 5.41) is 13.9. The molecule has 0 aliphatic heterocycles. The van der Waals surface area contributed by atoms with Gasteiger partial charge in [-0.3, -0.25) is 10.1 Å². The number of nitrogens with zero attached hydrogens (tertiary/aromatic N) is 1. The van der Waals surface area contributed by atoms with Crippen molar-refractivity contribution in [3.05, 3.63) is 33.9 Å². The molecule has 21 heavy (non-hydrogen) atoms. The molecular weight excluding hydrogens is 305 g/mol. The van der Waals surface area contributed by atoms with Gasteiger partial charge in [0.25, 0.3) is 5.69 Å². The number of nitro benzene ring substituents is 1. The first kappa shape index (κ1) is 15.9. The minimum absolute atomic E-state index is 0.0383. The molecular formula is C13H15F3N2O2S. The Morgan fingerprint density at radius 1 is 1.43 bits per heavy atom. The molecule has 1 aromatic carbocycles. The van der Waals surface area contributed by atoms with E-state index in [-0.39, 0.29) is 10.4 Å². The fourth-order valence-corrected chi connectivity index (χ4v) is 3.20. The van der Waals surface area contributed by atoms with Crippen LogP contribution in [0.15, 0.2) is 18.2 Å². The predicted octanol–water partition coefficient (Wildman–Crippen LogP) is 4.31. The van der Waals surface area contributed by atoms with Crippen molar-refractivity contribution in [3.63, 3.8) is 0 Å². The highest BCUT2D eigenvalue weighted by Crippen LogP contribution is 2.43. The highest BCUT2D eigenvalue weighted by Gasteiger charge is 2.37. The van der Waals surface area contributed by atoms with Gasteiger partial charge in [0.2, 0.25) is 0 Å².